The lowest BCUT2D eigenvalue weighted by molar-refractivity contribution is 0.160. The van der Waals surface area contributed by atoms with Crippen LogP contribution in [0.15, 0.2) is 48.5 Å². The first-order valence-electron chi connectivity index (χ1n) is 8.31. The summed E-state index contributed by atoms with van der Waals surface area (Å²) in [4.78, 5) is 0. The Kier molecular flexibility index (Phi) is 3.53. The first-order chi connectivity index (χ1) is 10.8. The highest BCUT2D eigenvalue weighted by atomic mass is 16.5. The van der Waals surface area contributed by atoms with E-state index in [9.17, 15) is 0 Å². The smallest absolute Gasteiger partial charge is 0.124 e. The van der Waals surface area contributed by atoms with Gasteiger partial charge in [0.05, 0.1) is 0 Å². The SMILES string of the molecule is CC(CCC1Oc2ccc1cc2)CCC1Oc2ccc1cc2. The van der Waals surface area contributed by atoms with Crippen LogP contribution >= 0.6 is 0 Å². The van der Waals surface area contributed by atoms with Crippen molar-refractivity contribution in [2.24, 2.45) is 5.92 Å². The fraction of sp³-hybridized carbons (Fsp3) is 0.400. The second kappa shape index (κ2) is 5.68. The van der Waals surface area contributed by atoms with E-state index in [1.54, 1.807) is 0 Å². The minimum atomic E-state index is 0.269. The molecule has 0 N–H and O–H groups in total. The molecule has 114 valence electrons. The third kappa shape index (κ3) is 2.70. The van der Waals surface area contributed by atoms with E-state index in [-0.39, 0.29) is 12.2 Å². The summed E-state index contributed by atoms with van der Waals surface area (Å²) in [7, 11) is 0. The van der Waals surface area contributed by atoms with Crippen LogP contribution in [0.4, 0.5) is 0 Å². The molecule has 4 aliphatic heterocycles. The van der Waals surface area contributed by atoms with Crippen molar-refractivity contribution >= 4 is 0 Å². The quantitative estimate of drug-likeness (QED) is 0.705. The van der Waals surface area contributed by atoms with E-state index < -0.39 is 0 Å². The molecule has 2 aromatic rings. The largest absolute Gasteiger partial charge is 0.486 e. The molecule has 0 amide bonds. The van der Waals surface area contributed by atoms with Gasteiger partial charge in [-0.3, -0.25) is 0 Å². The number of hydrogen-bond acceptors (Lipinski definition) is 2. The molecular weight excluding hydrogens is 272 g/mol. The molecule has 0 fully saturated rings. The van der Waals surface area contributed by atoms with Gasteiger partial charge in [0.15, 0.2) is 0 Å². The second-order valence-electron chi connectivity index (χ2n) is 6.61. The van der Waals surface area contributed by atoms with Crippen molar-refractivity contribution in [3.05, 3.63) is 59.7 Å². The van der Waals surface area contributed by atoms with Crippen molar-refractivity contribution in [1.29, 1.82) is 0 Å². The summed E-state index contributed by atoms with van der Waals surface area (Å²) in [5.74, 6) is 2.71. The van der Waals surface area contributed by atoms with Crippen molar-refractivity contribution < 1.29 is 9.47 Å². The predicted octanol–water partition coefficient (Wildman–Crippen LogP) is 5.45. The van der Waals surface area contributed by atoms with E-state index in [1.165, 1.54) is 24.0 Å². The van der Waals surface area contributed by atoms with Crippen LogP contribution in [0.25, 0.3) is 0 Å². The number of fused-ring (bicyclic) bond motifs is 6. The molecule has 0 saturated carbocycles. The summed E-state index contributed by atoms with van der Waals surface area (Å²) in [5, 5.41) is 0. The molecule has 2 heteroatoms. The first kappa shape index (κ1) is 13.7. The van der Waals surface area contributed by atoms with Gasteiger partial charge in [-0.1, -0.05) is 31.2 Å². The molecule has 22 heavy (non-hydrogen) atoms. The predicted molar refractivity (Wildman–Crippen MR) is 87.3 cm³/mol. The van der Waals surface area contributed by atoms with Gasteiger partial charge in [-0.15, -0.1) is 0 Å². The van der Waals surface area contributed by atoms with Gasteiger partial charge < -0.3 is 9.47 Å². The number of hydrogen-bond donors (Lipinski definition) is 0. The van der Waals surface area contributed by atoms with Crippen molar-refractivity contribution in [2.75, 3.05) is 0 Å². The number of benzene rings is 2. The van der Waals surface area contributed by atoms with Crippen LogP contribution in [0.2, 0.25) is 0 Å². The van der Waals surface area contributed by atoms with Gasteiger partial charge in [0.25, 0.3) is 0 Å². The van der Waals surface area contributed by atoms with Crippen LogP contribution in [0.1, 0.15) is 55.9 Å². The van der Waals surface area contributed by atoms with E-state index in [4.69, 9.17) is 9.47 Å². The Morgan fingerprint density at radius 3 is 1.45 bits per heavy atom. The fourth-order valence-corrected chi connectivity index (χ4v) is 3.45. The summed E-state index contributed by atoms with van der Waals surface area (Å²) < 4.78 is 11.9. The highest BCUT2D eigenvalue weighted by Gasteiger charge is 2.22. The lowest BCUT2D eigenvalue weighted by atomic mass is 9.91. The summed E-state index contributed by atoms with van der Waals surface area (Å²) in [5.41, 5.74) is 2.63. The molecule has 4 bridgehead atoms. The average Bonchev–Trinajstić information content (AvgIpc) is 2.60. The van der Waals surface area contributed by atoms with Crippen LogP contribution < -0.4 is 9.47 Å². The third-order valence-electron chi connectivity index (χ3n) is 4.90. The van der Waals surface area contributed by atoms with Crippen molar-refractivity contribution in [3.8, 4) is 11.5 Å². The van der Waals surface area contributed by atoms with Gasteiger partial charge in [0.2, 0.25) is 0 Å². The Morgan fingerprint density at radius 2 is 1.14 bits per heavy atom. The molecule has 2 aromatic carbocycles. The maximum absolute atomic E-state index is 5.93. The molecule has 0 spiro atoms. The van der Waals surface area contributed by atoms with Gasteiger partial charge in [-0.05, 0) is 67.0 Å². The Labute approximate surface area is 132 Å². The monoisotopic (exact) mass is 294 g/mol. The van der Waals surface area contributed by atoms with E-state index in [2.05, 4.69) is 55.5 Å². The summed E-state index contributed by atoms with van der Waals surface area (Å²) >= 11 is 0. The van der Waals surface area contributed by atoms with Gasteiger partial charge in [-0.25, -0.2) is 0 Å². The van der Waals surface area contributed by atoms with Crippen LogP contribution in [-0.4, -0.2) is 0 Å². The molecule has 4 heterocycles. The number of ether oxygens (including phenoxy) is 2. The Balaban J connectivity index is 1.24. The molecule has 0 radical (unpaired) electrons. The van der Waals surface area contributed by atoms with Crippen LogP contribution in [0.5, 0.6) is 11.5 Å². The molecule has 2 nitrogen and oxygen atoms in total. The third-order valence-corrected chi connectivity index (χ3v) is 4.90. The van der Waals surface area contributed by atoms with E-state index >= 15 is 0 Å². The minimum absolute atomic E-state index is 0.269. The maximum Gasteiger partial charge on any atom is 0.124 e. The highest BCUT2D eigenvalue weighted by molar-refractivity contribution is 5.34. The van der Waals surface area contributed by atoms with Gasteiger partial charge in [-0.2, -0.15) is 0 Å². The zero-order chi connectivity index (χ0) is 14.9. The first-order valence-corrected chi connectivity index (χ1v) is 8.31. The summed E-state index contributed by atoms with van der Waals surface area (Å²) in [6.07, 6.45) is 5.15. The van der Waals surface area contributed by atoms with Crippen LogP contribution in [0, 0.1) is 5.92 Å². The van der Waals surface area contributed by atoms with Crippen molar-refractivity contribution in [1.82, 2.24) is 0 Å². The summed E-state index contributed by atoms with van der Waals surface area (Å²) in [6.45, 7) is 2.34. The Hall–Kier alpha value is -1.96. The van der Waals surface area contributed by atoms with E-state index in [0.29, 0.717) is 5.92 Å². The van der Waals surface area contributed by atoms with E-state index in [1.807, 2.05) is 0 Å². The molecule has 0 saturated heterocycles. The van der Waals surface area contributed by atoms with Gasteiger partial charge in [0.1, 0.15) is 23.7 Å². The van der Waals surface area contributed by atoms with Gasteiger partial charge >= 0.3 is 0 Å². The second-order valence-corrected chi connectivity index (χ2v) is 6.61. The lowest BCUT2D eigenvalue weighted by Crippen LogP contribution is -2.15. The van der Waals surface area contributed by atoms with Crippen LogP contribution in [-0.2, 0) is 0 Å². The fourth-order valence-electron chi connectivity index (χ4n) is 3.45. The molecule has 6 rings (SSSR count). The molecule has 4 aliphatic rings. The average molecular weight is 294 g/mol. The van der Waals surface area contributed by atoms with Crippen LogP contribution in [0.3, 0.4) is 0 Å². The molecular formula is C20H22O2. The zero-order valence-electron chi connectivity index (χ0n) is 13.0. The molecule has 2 atom stereocenters. The molecule has 0 aromatic heterocycles. The van der Waals surface area contributed by atoms with Crippen molar-refractivity contribution in [3.63, 3.8) is 0 Å². The summed E-state index contributed by atoms with van der Waals surface area (Å²) in [6, 6.07) is 17.0. The topological polar surface area (TPSA) is 18.5 Å². The Bertz CT molecular complexity index is 572. The lowest BCUT2D eigenvalue weighted by Gasteiger charge is -2.27. The van der Waals surface area contributed by atoms with Gasteiger partial charge in [0, 0.05) is 0 Å². The molecule has 2 unspecified atom stereocenters. The normalized spacial score (nSPS) is 22.2. The standard InChI is InChI=1S/C20H22O2/c1-14(2-12-19-15-4-8-17(21-19)9-5-15)3-13-20-16-6-10-18(22-20)11-7-16/h4-11,14,19-20H,2-3,12-13H2,1H3. The number of rotatable bonds is 6. The van der Waals surface area contributed by atoms with Crippen molar-refractivity contribution in [2.45, 2.75) is 44.8 Å². The molecule has 0 aliphatic carbocycles. The minimum Gasteiger partial charge on any atom is -0.486 e. The highest BCUT2D eigenvalue weighted by Crippen LogP contribution is 2.36. The van der Waals surface area contributed by atoms with E-state index in [0.717, 1.165) is 24.3 Å². The zero-order valence-corrected chi connectivity index (χ0v) is 13.0. The maximum atomic E-state index is 5.93. The Morgan fingerprint density at radius 1 is 0.727 bits per heavy atom.